The molecule has 2 aromatic heterocycles. The molecular formula is C7H5IN2OS. The van der Waals surface area contributed by atoms with Crippen LogP contribution in [0.3, 0.4) is 0 Å². The summed E-state index contributed by atoms with van der Waals surface area (Å²) in [7, 11) is 0. The summed E-state index contributed by atoms with van der Waals surface area (Å²) in [5.74, 6) is 0.679. The molecule has 5 heteroatoms. The van der Waals surface area contributed by atoms with Crippen molar-refractivity contribution in [2.75, 3.05) is 0 Å². The molecule has 0 aliphatic carbocycles. The quantitative estimate of drug-likeness (QED) is 0.797. The van der Waals surface area contributed by atoms with Gasteiger partial charge in [-0.15, -0.1) is 10.2 Å². The molecule has 0 fully saturated rings. The van der Waals surface area contributed by atoms with E-state index in [2.05, 4.69) is 21.6 Å². The van der Waals surface area contributed by atoms with E-state index in [1.165, 1.54) is 5.56 Å². The molecule has 0 aliphatic rings. The molecule has 62 valence electrons. The second kappa shape index (κ2) is 3.53. The van der Waals surface area contributed by atoms with Crippen molar-refractivity contribution >= 4 is 33.9 Å². The van der Waals surface area contributed by atoms with Crippen LogP contribution in [0.15, 0.2) is 21.2 Å². The van der Waals surface area contributed by atoms with Gasteiger partial charge in [0.2, 0.25) is 5.89 Å². The summed E-state index contributed by atoms with van der Waals surface area (Å²) in [6.07, 6.45) is 0.736. The second-order valence-corrected chi connectivity index (χ2v) is 3.96. The summed E-state index contributed by atoms with van der Waals surface area (Å²) in [5.41, 5.74) is 1.22. The Morgan fingerprint density at radius 2 is 2.42 bits per heavy atom. The Bertz CT molecular complexity index is 357. The summed E-state index contributed by atoms with van der Waals surface area (Å²) >= 11 is 3.68. The van der Waals surface area contributed by atoms with Gasteiger partial charge in [0.15, 0.2) is 0 Å². The third-order valence-electron chi connectivity index (χ3n) is 1.38. The summed E-state index contributed by atoms with van der Waals surface area (Å²) in [6.45, 7) is 0. The van der Waals surface area contributed by atoms with Crippen molar-refractivity contribution in [2.24, 2.45) is 0 Å². The highest BCUT2D eigenvalue weighted by atomic mass is 127. The molecule has 12 heavy (non-hydrogen) atoms. The molecule has 0 atom stereocenters. The molecule has 0 amide bonds. The third-order valence-corrected chi connectivity index (χ3v) is 2.55. The standard InChI is InChI=1S/C7H5IN2OS/c8-7-10-9-6(11-7)3-5-1-2-12-4-5/h1-2,4H,3H2. The van der Waals surface area contributed by atoms with Gasteiger partial charge in [-0.1, -0.05) is 0 Å². The van der Waals surface area contributed by atoms with Crippen LogP contribution in [-0.4, -0.2) is 10.2 Å². The molecule has 3 nitrogen and oxygen atoms in total. The van der Waals surface area contributed by atoms with Crippen molar-refractivity contribution in [1.82, 2.24) is 10.2 Å². The van der Waals surface area contributed by atoms with Gasteiger partial charge in [-0.2, -0.15) is 11.3 Å². The summed E-state index contributed by atoms with van der Waals surface area (Å²) < 4.78 is 5.82. The molecule has 0 aliphatic heterocycles. The Morgan fingerprint density at radius 1 is 1.50 bits per heavy atom. The van der Waals surface area contributed by atoms with Gasteiger partial charge in [0, 0.05) is 22.6 Å². The van der Waals surface area contributed by atoms with E-state index in [1.54, 1.807) is 11.3 Å². The lowest BCUT2D eigenvalue weighted by atomic mass is 10.2. The van der Waals surface area contributed by atoms with E-state index < -0.39 is 0 Å². The van der Waals surface area contributed by atoms with Crippen LogP contribution in [0.4, 0.5) is 0 Å². The van der Waals surface area contributed by atoms with Gasteiger partial charge in [0.1, 0.15) is 0 Å². The van der Waals surface area contributed by atoms with Gasteiger partial charge in [-0.05, 0) is 22.4 Å². The Morgan fingerprint density at radius 3 is 3.00 bits per heavy atom. The van der Waals surface area contributed by atoms with E-state index in [0.29, 0.717) is 9.79 Å². The van der Waals surface area contributed by atoms with E-state index >= 15 is 0 Å². The van der Waals surface area contributed by atoms with Crippen LogP contribution in [0, 0.1) is 3.90 Å². The normalized spacial score (nSPS) is 10.4. The minimum atomic E-state index is 0.595. The number of nitrogens with zero attached hydrogens (tertiary/aromatic N) is 2. The molecular weight excluding hydrogens is 287 g/mol. The van der Waals surface area contributed by atoms with Gasteiger partial charge in [0.05, 0.1) is 6.42 Å². The lowest BCUT2D eigenvalue weighted by molar-refractivity contribution is 0.479. The molecule has 2 rings (SSSR count). The number of thiophene rings is 1. The fraction of sp³-hybridized carbons (Fsp3) is 0.143. The predicted molar refractivity (Wildman–Crippen MR) is 54.1 cm³/mol. The Hall–Kier alpha value is -0.430. The fourth-order valence-corrected chi connectivity index (χ4v) is 1.90. The SMILES string of the molecule is Ic1nnc(Cc2ccsc2)o1. The topological polar surface area (TPSA) is 38.9 Å². The molecule has 0 radical (unpaired) electrons. The third kappa shape index (κ3) is 1.84. The lowest BCUT2D eigenvalue weighted by Crippen LogP contribution is -1.84. The minimum absolute atomic E-state index is 0.595. The largest absolute Gasteiger partial charge is 0.416 e. The molecule has 2 heterocycles. The number of hydrogen-bond acceptors (Lipinski definition) is 4. The monoisotopic (exact) mass is 292 g/mol. The summed E-state index contributed by atoms with van der Waals surface area (Å²) in [4.78, 5) is 0. The first kappa shape index (κ1) is 8.18. The van der Waals surface area contributed by atoms with Crippen LogP contribution >= 0.6 is 33.9 Å². The van der Waals surface area contributed by atoms with E-state index in [9.17, 15) is 0 Å². The van der Waals surface area contributed by atoms with Crippen molar-refractivity contribution in [3.8, 4) is 0 Å². The zero-order valence-corrected chi connectivity index (χ0v) is 9.00. The Balaban J connectivity index is 2.14. The molecule has 0 aromatic carbocycles. The number of rotatable bonds is 2. The molecule has 0 unspecified atom stereocenters. The first-order valence-electron chi connectivity index (χ1n) is 3.33. The average Bonchev–Trinajstić information content (AvgIpc) is 2.63. The summed E-state index contributed by atoms with van der Waals surface area (Å²) in [5, 5.41) is 11.8. The van der Waals surface area contributed by atoms with E-state index in [0.717, 1.165) is 6.42 Å². The van der Waals surface area contributed by atoms with Crippen LogP contribution in [0.5, 0.6) is 0 Å². The van der Waals surface area contributed by atoms with Gasteiger partial charge in [0.25, 0.3) is 3.90 Å². The maximum Gasteiger partial charge on any atom is 0.278 e. The maximum atomic E-state index is 5.23. The van der Waals surface area contributed by atoms with Gasteiger partial charge in [-0.25, -0.2) is 0 Å². The van der Waals surface area contributed by atoms with Crippen molar-refractivity contribution in [2.45, 2.75) is 6.42 Å². The van der Waals surface area contributed by atoms with Gasteiger partial charge in [-0.3, -0.25) is 0 Å². The fourth-order valence-electron chi connectivity index (χ4n) is 0.872. The van der Waals surface area contributed by atoms with Crippen LogP contribution in [0.25, 0.3) is 0 Å². The molecule has 0 saturated carbocycles. The number of hydrogen-bond donors (Lipinski definition) is 0. The average molecular weight is 292 g/mol. The van der Waals surface area contributed by atoms with Crippen LogP contribution in [0.1, 0.15) is 11.5 Å². The van der Waals surface area contributed by atoms with Crippen LogP contribution in [0.2, 0.25) is 0 Å². The molecule has 0 spiro atoms. The van der Waals surface area contributed by atoms with Gasteiger partial charge >= 0.3 is 0 Å². The molecule has 0 N–H and O–H groups in total. The van der Waals surface area contributed by atoms with Crippen molar-refractivity contribution in [3.63, 3.8) is 0 Å². The van der Waals surface area contributed by atoms with E-state index in [4.69, 9.17) is 4.42 Å². The van der Waals surface area contributed by atoms with Crippen LogP contribution < -0.4 is 0 Å². The molecule has 0 saturated heterocycles. The first-order valence-corrected chi connectivity index (χ1v) is 5.36. The maximum absolute atomic E-state index is 5.23. The predicted octanol–water partition coefficient (Wildman–Crippen LogP) is 2.33. The Kier molecular flexibility index (Phi) is 2.40. The highest BCUT2D eigenvalue weighted by Gasteiger charge is 2.03. The van der Waals surface area contributed by atoms with Crippen molar-refractivity contribution in [1.29, 1.82) is 0 Å². The smallest absolute Gasteiger partial charge is 0.278 e. The first-order chi connectivity index (χ1) is 5.84. The van der Waals surface area contributed by atoms with Crippen molar-refractivity contribution in [3.05, 3.63) is 32.2 Å². The zero-order chi connectivity index (χ0) is 8.39. The second-order valence-electron chi connectivity index (χ2n) is 2.26. The number of halogens is 1. The Labute approximate surface area is 87.0 Å². The van der Waals surface area contributed by atoms with Crippen LogP contribution in [-0.2, 0) is 6.42 Å². The van der Waals surface area contributed by atoms with Gasteiger partial charge < -0.3 is 4.42 Å². The highest BCUT2D eigenvalue weighted by molar-refractivity contribution is 14.1. The lowest BCUT2D eigenvalue weighted by Gasteiger charge is -1.87. The summed E-state index contributed by atoms with van der Waals surface area (Å²) in [6, 6.07) is 2.06. The van der Waals surface area contributed by atoms with E-state index in [1.807, 2.05) is 28.0 Å². The number of aromatic nitrogens is 2. The minimum Gasteiger partial charge on any atom is -0.416 e. The van der Waals surface area contributed by atoms with Crippen molar-refractivity contribution < 1.29 is 4.42 Å². The molecule has 2 aromatic rings. The molecule has 0 bridgehead atoms. The highest BCUT2D eigenvalue weighted by Crippen LogP contribution is 2.12. The van der Waals surface area contributed by atoms with E-state index in [-0.39, 0.29) is 0 Å². The zero-order valence-electron chi connectivity index (χ0n) is 6.03.